The molecule has 0 heterocycles. The van der Waals surface area contributed by atoms with E-state index in [9.17, 15) is 9.59 Å². The highest BCUT2D eigenvalue weighted by Gasteiger charge is 2.17. The summed E-state index contributed by atoms with van der Waals surface area (Å²) in [4.78, 5) is 22.3. The molecule has 6 nitrogen and oxygen atoms in total. The highest BCUT2D eigenvalue weighted by atomic mass is 16.5. The maximum Gasteiger partial charge on any atom is 0.242 e. The van der Waals surface area contributed by atoms with E-state index in [4.69, 9.17) is 9.84 Å². The minimum atomic E-state index is -0.587. The lowest BCUT2D eigenvalue weighted by Gasteiger charge is -2.20. The number of aliphatic hydroxyl groups excluding tert-OH is 1. The fraction of sp³-hybridized carbons (Fsp3) is 0.800. The number of hydrogen-bond acceptors (Lipinski definition) is 4. The fourth-order valence-corrected chi connectivity index (χ4v) is 1.25. The molecule has 0 aliphatic carbocycles. The molecule has 0 radical (unpaired) electrons. The molecule has 2 unspecified atom stereocenters. The molecule has 3 N–H and O–H groups in total. The van der Waals surface area contributed by atoms with Gasteiger partial charge in [0.25, 0.3) is 0 Å². The van der Waals surface area contributed by atoms with Crippen LogP contribution in [0.4, 0.5) is 0 Å². The zero-order valence-electron chi connectivity index (χ0n) is 9.95. The third-order valence-electron chi connectivity index (χ3n) is 2.00. The van der Waals surface area contributed by atoms with Crippen LogP contribution in [0.1, 0.15) is 20.3 Å². The number of carbonyl (C=O) groups excluding carboxylic acids is 2. The van der Waals surface area contributed by atoms with Gasteiger partial charge in [-0.3, -0.25) is 9.59 Å². The Hall–Kier alpha value is -1.14. The van der Waals surface area contributed by atoms with Gasteiger partial charge in [-0.2, -0.15) is 0 Å². The maximum atomic E-state index is 11.6. The summed E-state index contributed by atoms with van der Waals surface area (Å²) in [6.45, 7) is 3.26. The molecular weight excluding hydrogens is 212 g/mol. The average molecular weight is 232 g/mol. The summed E-state index contributed by atoms with van der Waals surface area (Å²) in [6.07, 6.45) is 0.423. The smallest absolute Gasteiger partial charge is 0.242 e. The van der Waals surface area contributed by atoms with Crippen LogP contribution in [-0.2, 0) is 14.3 Å². The summed E-state index contributed by atoms with van der Waals surface area (Å²) >= 11 is 0. The largest absolute Gasteiger partial charge is 0.396 e. The molecule has 0 spiro atoms. The quantitative estimate of drug-likeness (QED) is 0.527. The number of rotatable bonds is 7. The maximum absolute atomic E-state index is 11.6. The van der Waals surface area contributed by atoms with Crippen LogP contribution in [0.3, 0.4) is 0 Å². The van der Waals surface area contributed by atoms with Gasteiger partial charge in [-0.1, -0.05) is 0 Å². The third kappa shape index (κ3) is 6.36. The monoisotopic (exact) mass is 232 g/mol. The van der Waals surface area contributed by atoms with Gasteiger partial charge in [0.1, 0.15) is 6.04 Å². The van der Waals surface area contributed by atoms with E-state index in [1.807, 2.05) is 0 Å². The summed E-state index contributed by atoms with van der Waals surface area (Å²) in [5, 5.41) is 13.9. The third-order valence-corrected chi connectivity index (χ3v) is 2.00. The molecule has 2 atom stereocenters. The molecule has 2 amide bonds. The molecule has 0 rings (SSSR count). The number of hydrogen-bond donors (Lipinski definition) is 3. The van der Waals surface area contributed by atoms with Gasteiger partial charge in [-0.05, 0) is 13.3 Å². The molecule has 0 saturated heterocycles. The zero-order valence-corrected chi connectivity index (χ0v) is 9.95. The van der Waals surface area contributed by atoms with Crippen LogP contribution in [0.25, 0.3) is 0 Å². The number of ether oxygens (including phenoxy) is 1. The highest BCUT2D eigenvalue weighted by Crippen LogP contribution is 1.93. The molecule has 0 fully saturated rings. The van der Waals surface area contributed by atoms with E-state index in [1.165, 1.54) is 14.0 Å². The van der Waals surface area contributed by atoms with Crippen LogP contribution in [0.15, 0.2) is 0 Å². The minimum absolute atomic E-state index is 0.0250. The van der Waals surface area contributed by atoms with Crippen LogP contribution in [0, 0.1) is 0 Å². The van der Waals surface area contributed by atoms with Gasteiger partial charge in [-0.15, -0.1) is 0 Å². The lowest BCUT2D eigenvalue weighted by Crippen LogP contribution is -2.49. The van der Waals surface area contributed by atoms with E-state index in [1.54, 1.807) is 6.92 Å². The predicted molar refractivity (Wildman–Crippen MR) is 58.8 cm³/mol. The summed E-state index contributed by atoms with van der Waals surface area (Å²) < 4.78 is 4.91. The van der Waals surface area contributed by atoms with Crippen LogP contribution >= 0.6 is 0 Å². The van der Waals surface area contributed by atoms with Gasteiger partial charge in [0.05, 0.1) is 12.6 Å². The molecule has 0 aromatic rings. The lowest BCUT2D eigenvalue weighted by molar-refractivity contribution is -0.128. The number of methoxy groups -OCH3 is 1. The van der Waals surface area contributed by atoms with Crippen LogP contribution in [0.2, 0.25) is 0 Å². The Kier molecular flexibility index (Phi) is 7.49. The van der Waals surface area contributed by atoms with Gasteiger partial charge in [0, 0.05) is 20.6 Å². The Morgan fingerprint density at radius 3 is 2.44 bits per heavy atom. The molecule has 0 saturated carbocycles. The van der Waals surface area contributed by atoms with E-state index in [0.717, 1.165) is 0 Å². The first kappa shape index (κ1) is 14.9. The van der Waals surface area contributed by atoms with Crippen LogP contribution in [-0.4, -0.2) is 49.3 Å². The Balaban J connectivity index is 4.11. The van der Waals surface area contributed by atoms with Crippen molar-refractivity contribution in [1.82, 2.24) is 10.6 Å². The van der Waals surface area contributed by atoms with E-state index < -0.39 is 6.04 Å². The van der Waals surface area contributed by atoms with Crippen molar-refractivity contribution in [3.63, 3.8) is 0 Å². The standard InChI is InChI=1S/C10H20N2O4/c1-7(11-8(2)14)10(15)12-9(4-5-13)6-16-3/h7,9,13H,4-6H2,1-3H3,(H,11,14)(H,12,15). The first-order valence-electron chi connectivity index (χ1n) is 5.18. The Bertz CT molecular complexity index is 227. The molecule has 0 aromatic heterocycles. The highest BCUT2D eigenvalue weighted by molar-refractivity contribution is 5.86. The molecule has 16 heavy (non-hydrogen) atoms. The van der Waals surface area contributed by atoms with Gasteiger partial charge in [0.15, 0.2) is 0 Å². The summed E-state index contributed by atoms with van der Waals surface area (Å²) in [7, 11) is 1.52. The number of amides is 2. The van der Waals surface area contributed by atoms with Crippen molar-refractivity contribution in [3.8, 4) is 0 Å². The van der Waals surface area contributed by atoms with Gasteiger partial charge in [-0.25, -0.2) is 0 Å². The SMILES string of the molecule is COCC(CCO)NC(=O)C(C)NC(C)=O. The van der Waals surface area contributed by atoms with Gasteiger partial charge >= 0.3 is 0 Å². The second kappa shape index (κ2) is 8.06. The molecule has 0 aliphatic rings. The van der Waals surface area contributed by atoms with E-state index in [2.05, 4.69) is 10.6 Å². The van der Waals surface area contributed by atoms with Crippen LogP contribution in [0.5, 0.6) is 0 Å². The van der Waals surface area contributed by atoms with Crippen molar-refractivity contribution in [2.24, 2.45) is 0 Å². The summed E-state index contributed by atoms with van der Waals surface area (Å²) in [6, 6.07) is -0.825. The predicted octanol–water partition coefficient (Wildman–Crippen LogP) is -0.975. The Morgan fingerprint density at radius 2 is 2.00 bits per heavy atom. The van der Waals surface area contributed by atoms with E-state index >= 15 is 0 Å². The topological polar surface area (TPSA) is 87.7 Å². The first-order chi connectivity index (χ1) is 7.51. The zero-order chi connectivity index (χ0) is 12.6. The Morgan fingerprint density at radius 1 is 1.38 bits per heavy atom. The molecule has 94 valence electrons. The van der Waals surface area contributed by atoms with Crippen molar-refractivity contribution in [2.45, 2.75) is 32.4 Å². The van der Waals surface area contributed by atoms with Crippen LogP contribution < -0.4 is 10.6 Å². The number of carbonyl (C=O) groups is 2. The normalized spacial score (nSPS) is 14.0. The lowest BCUT2D eigenvalue weighted by atomic mass is 10.2. The summed E-state index contributed by atoms with van der Waals surface area (Å²) in [5.41, 5.74) is 0. The van der Waals surface area contributed by atoms with Crippen molar-refractivity contribution >= 4 is 11.8 Å². The Labute approximate surface area is 95.4 Å². The number of aliphatic hydroxyl groups is 1. The molecular formula is C10H20N2O4. The molecule has 0 aliphatic heterocycles. The second-order valence-electron chi connectivity index (χ2n) is 3.60. The van der Waals surface area contributed by atoms with Gasteiger partial charge < -0.3 is 20.5 Å². The molecule has 0 aromatic carbocycles. The number of nitrogens with one attached hydrogen (secondary N) is 2. The van der Waals surface area contributed by atoms with Gasteiger partial charge in [0.2, 0.25) is 11.8 Å². The summed E-state index contributed by atoms with van der Waals surface area (Å²) in [5.74, 6) is -0.543. The molecule has 0 bridgehead atoms. The van der Waals surface area contributed by atoms with Crippen molar-refractivity contribution in [2.75, 3.05) is 20.3 Å². The second-order valence-corrected chi connectivity index (χ2v) is 3.60. The average Bonchev–Trinajstić information content (AvgIpc) is 2.17. The fourth-order valence-electron chi connectivity index (χ4n) is 1.25. The van der Waals surface area contributed by atoms with Crippen molar-refractivity contribution < 1.29 is 19.4 Å². The first-order valence-corrected chi connectivity index (χ1v) is 5.18. The van der Waals surface area contributed by atoms with E-state index in [-0.39, 0.29) is 24.5 Å². The minimum Gasteiger partial charge on any atom is -0.396 e. The molecule has 6 heteroatoms. The van der Waals surface area contributed by atoms with Crippen molar-refractivity contribution in [1.29, 1.82) is 0 Å². The van der Waals surface area contributed by atoms with E-state index in [0.29, 0.717) is 13.0 Å². The van der Waals surface area contributed by atoms with Crippen molar-refractivity contribution in [3.05, 3.63) is 0 Å².